The van der Waals surface area contributed by atoms with Gasteiger partial charge in [0.1, 0.15) is 0 Å². The Bertz CT molecular complexity index is 930. The molecule has 0 bridgehead atoms. The SMILES string of the molecule is CN(Cc1ccccc1)C(=O)CC1CCN(CCN(c2ccccc2)c2ccccc2)CC1. The van der Waals surface area contributed by atoms with Gasteiger partial charge in [0.15, 0.2) is 0 Å². The molecule has 4 heteroatoms. The van der Waals surface area contributed by atoms with Gasteiger partial charge in [-0.15, -0.1) is 0 Å². The lowest BCUT2D eigenvalue weighted by atomic mass is 9.93. The summed E-state index contributed by atoms with van der Waals surface area (Å²) in [7, 11) is 1.92. The first kappa shape index (κ1) is 23.1. The van der Waals surface area contributed by atoms with E-state index < -0.39 is 0 Å². The van der Waals surface area contributed by atoms with Crippen LogP contribution in [0.25, 0.3) is 0 Å². The molecule has 172 valence electrons. The summed E-state index contributed by atoms with van der Waals surface area (Å²) in [6, 6.07) is 31.5. The molecule has 1 aliphatic rings. The molecule has 33 heavy (non-hydrogen) atoms. The second kappa shape index (κ2) is 11.7. The van der Waals surface area contributed by atoms with Crippen molar-refractivity contribution < 1.29 is 4.79 Å². The van der Waals surface area contributed by atoms with E-state index in [4.69, 9.17) is 0 Å². The molecule has 0 aliphatic carbocycles. The largest absolute Gasteiger partial charge is 0.341 e. The molecule has 1 aliphatic heterocycles. The van der Waals surface area contributed by atoms with E-state index in [1.807, 2.05) is 30.1 Å². The van der Waals surface area contributed by atoms with Gasteiger partial charge in [0.2, 0.25) is 5.91 Å². The number of piperidine rings is 1. The number of likely N-dealkylation sites (tertiary alicyclic amines) is 1. The summed E-state index contributed by atoms with van der Waals surface area (Å²) < 4.78 is 0. The standard InChI is InChI=1S/C29H35N3O/c1-30(24-26-11-5-2-6-12-26)29(33)23-25-17-19-31(20-18-25)21-22-32(27-13-7-3-8-14-27)28-15-9-4-10-16-28/h2-16,25H,17-24H2,1H3. The Balaban J connectivity index is 1.25. The van der Waals surface area contributed by atoms with E-state index in [0.717, 1.165) is 39.0 Å². The van der Waals surface area contributed by atoms with Crippen molar-refractivity contribution in [1.82, 2.24) is 9.80 Å². The van der Waals surface area contributed by atoms with Gasteiger partial charge < -0.3 is 14.7 Å². The maximum Gasteiger partial charge on any atom is 0.222 e. The molecule has 0 aromatic heterocycles. The number of carbonyl (C=O) groups excluding carboxylic acids is 1. The van der Waals surface area contributed by atoms with Crippen molar-refractivity contribution >= 4 is 17.3 Å². The van der Waals surface area contributed by atoms with Crippen LogP contribution in [0.2, 0.25) is 0 Å². The second-order valence-electron chi connectivity index (χ2n) is 9.05. The van der Waals surface area contributed by atoms with Crippen molar-refractivity contribution in [1.29, 1.82) is 0 Å². The molecule has 1 saturated heterocycles. The topological polar surface area (TPSA) is 26.8 Å². The van der Waals surface area contributed by atoms with E-state index in [9.17, 15) is 4.79 Å². The fraction of sp³-hybridized carbons (Fsp3) is 0.345. The molecule has 3 aromatic carbocycles. The number of hydrogen-bond acceptors (Lipinski definition) is 3. The number of nitrogens with zero attached hydrogens (tertiary/aromatic N) is 3. The zero-order valence-electron chi connectivity index (χ0n) is 19.6. The zero-order valence-corrected chi connectivity index (χ0v) is 19.6. The van der Waals surface area contributed by atoms with Crippen molar-refractivity contribution in [2.75, 3.05) is 38.1 Å². The lowest BCUT2D eigenvalue weighted by Crippen LogP contribution is -2.39. The molecule has 4 nitrogen and oxygen atoms in total. The number of anilines is 2. The first-order valence-corrected chi connectivity index (χ1v) is 12.1. The summed E-state index contributed by atoms with van der Waals surface area (Å²) in [6.45, 7) is 4.80. The van der Waals surface area contributed by atoms with Gasteiger partial charge in [-0.1, -0.05) is 66.7 Å². The second-order valence-corrected chi connectivity index (χ2v) is 9.05. The molecule has 0 atom stereocenters. The van der Waals surface area contributed by atoms with Gasteiger partial charge in [0.25, 0.3) is 0 Å². The van der Waals surface area contributed by atoms with Gasteiger partial charge in [-0.2, -0.15) is 0 Å². The maximum atomic E-state index is 12.7. The van der Waals surface area contributed by atoms with Crippen molar-refractivity contribution in [3.05, 3.63) is 96.6 Å². The van der Waals surface area contributed by atoms with Crippen molar-refractivity contribution in [3.8, 4) is 0 Å². The minimum absolute atomic E-state index is 0.261. The Kier molecular flexibility index (Phi) is 8.15. The number of para-hydroxylation sites is 2. The van der Waals surface area contributed by atoms with Crippen LogP contribution in [0.4, 0.5) is 11.4 Å². The van der Waals surface area contributed by atoms with Gasteiger partial charge in [-0.3, -0.25) is 4.79 Å². The molecule has 0 saturated carbocycles. The van der Waals surface area contributed by atoms with E-state index in [-0.39, 0.29) is 5.91 Å². The van der Waals surface area contributed by atoms with Crippen molar-refractivity contribution in [2.45, 2.75) is 25.8 Å². The average Bonchev–Trinajstić information content (AvgIpc) is 2.87. The van der Waals surface area contributed by atoms with E-state index >= 15 is 0 Å². The monoisotopic (exact) mass is 441 g/mol. The normalized spacial score (nSPS) is 14.7. The first-order valence-electron chi connectivity index (χ1n) is 12.1. The summed E-state index contributed by atoms with van der Waals surface area (Å²) in [4.78, 5) is 19.6. The highest BCUT2D eigenvalue weighted by Gasteiger charge is 2.23. The Morgan fingerprint density at radius 3 is 1.88 bits per heavy atom. The van der Waals surface area contributed by atoms with Crippen molar-refractivity contribution in [2.24, 2.45) is 5.92 Å². The predicted octanol–water partition coefficient (Wildman–Crippen LogP) is 5.59. The minimum Gasteiger partial charge on any atom is -0.341 e. The fourth-order valence-electron chi connectivity index (χ4n) is 4.63. The van der Waals surface area contributed by atoms with Crippen LogP contribution in [0.15, 0.2) is 91.0 Å². The molecule has 0 unspecified atom stereocenters. The van der Waals surface area contributed by atoms with Crippen LogP contribution < -0.4 is 4.90 Å². The van der Waals surface area contributed by atoms with E-state index in [2.05, 4.69) is 82.6 Å². The van der Waals surface area contributed by atoms with Crippen LogP contribution in [0, 0.1) is 5.92 Å². The number of amides is 1. The minimum atomic E-state index is 0.261. The third-order valence-corrected chi connectivity index (χ3v) is 6.63. The highest BCUT2D eigenvalue weighted by molar-refractivity contribution is 5.76. The summed E-state index contributed by atoms with van der Waals surface area (Å²) in [5, 5.41) is 0. The first-order chi connectivity index (χ1) is 16.2. The molecular weight excluding hydrogens is 406 g/mol. The molecule has 1 fully saturated rings. The Morgan fingerprint density at radius 1 is 0.818 bits per heavy atom. The molecule has 0 N–H and O–H groups in total. The molecule has 3 aromatic rings. The third kappa shape index (κ3) is 6.69. The Hall–Kier alpha value is -3.11. The molecule has 0 spiro atoms. The molecule has 1 amide bonds. The quantitative estimate of drug-likeness (QED) is 0.433. The number of rotatable bonds is 9. The highest BCUT2D eigenvalue weighted by Crippen LogP contribution is 2.26. The average molecular weight is 442 g/mol. The number of carbonyl (C=O) groups is 1. The van der Waals surface area contributed by atoms with Gasteiger partial charge in [0.05, 0.1) is 0 Å². The summed E-state index contributed by atoms with van der Waals surface area (Å²) in [6.07, 6.45) is 2.86. The van der Waals surface area contributed by atoms with Crippen LogP contribution in [0.5, 0.6) is 0 Å². The van der Waals surface area contributed by atoms with Crippen LogP contribution in [0.1, 0.15) is 24.8 Å². The summed E-state index contributed by atoms with van der Waals surface area (Å²) in [5.41, 5.74) is 3.64. The third-order valence-electron chi connectivity index (χ3n) is 6.63. The lowest BCUT2D eigenvalue weighted by Gasteiger charge is -2.34. The van der Waals surface area contributed by atoms with Crippen LogP contribution in [0.3, 0.4) is 0 Å². The Morgan fingerprint density at radius 2 is 1.33 bits per heavy atom. The van der Waals surface area contributed by atoms with E-state index in [1.54, 1.807) is 0 Å². The molecule has 4 rings (SSSR count). The molecular formula is C29H35N3O. The van der Waals surface area contributed by atoms with E-state index in [1.165, 1.54) is 16.9 Å². The van der Waals surface area contributed by atoms with Crippen LogP contribution in [-0.4, -0.2) is 48.9 Å². The van der Waals surface area contributed by atoms with Crippen LogP contribution in [-0.2, 0) is 11.3 Å². The number of hydrogen-bond donors (Lipinski definition) is 0. The summed E-state index contributed by atoms with van der Waals surface area (Å²) >= 11 is 0. The number of benzene rings is 3. The highest BCUT2D eigenvalue weighted by atomic mass is 16.2. The molecule has 1 heterocycles. The summed E-state index contributed by atoms with van der Waals surface area (Å²) in [5.74, 6) is 0.753. The predicted molar refractivity (Wildman–Crippen MR) is 137 cm³/mol. The zero-order chi connectivity index (χ0) is 22.9. The van der Waals surface area contributed by atoms with Gasteiger partial charge >= 0.3 is 0 Å². The van der Waals surface area contributed by atoms with Gasteiger partial charge in [-0.25, -0.2) is 0 Å². The fourth-order valence-corrected chi connectivity index (χ4v) is 4.63. The molecule has 0 radical (unpaired) electrons. The maximum absolute atomic E-state index is 12.7. The van der Waals surface area contributed by atoms with Crippen LogP contribution >= 0.6 is 0 Å². The van der Waals surface area contributed by atoms with Crippen molar-refractivity contribution in [3.63, 3.8) is 0 Å². The Labute approximate surface area is 198 Å². The smallest absolute Gasteiger partial charge is 0.222 e. The lowest BCUT2D eigenvalue weighted by molar-refractivity contribution is -0.131. The van der Waals surface area contributed by atoms with E-state index in [0.29, 0.717) is 18.9 Å². The van der Waals surface area contributed by atoms with Gasteiger partial charge in [-0.05, 0) is 61.7 Å². The van der Waals surface area contributed by atoms with Gasteiger partial charge in [0, 0.05) is 44.5 Å².